The van der Waals surface area contributed by atoms with Gasteiger partial charge in [0.15, 0.2) is 0 Å². The number of carbonyl (C=O) groups is 1. The van der Waals surface area contributed by atoms with E-state index < -0.39 is 0 Å². The third-order valence-corrected chi connectivity index (χ3v) is 3.86. The molecule has 0 aromatic heterocycles. The highest BCUT2D eigenvalue weighted by Gasteiger charge is 2.19. The number of hydrogen-bond acceptors (Lipinski definition) is 2. The molecule has 3 nitrogen and oxygen atoms in total. The Kier molecular flexibility index (Phi) is 2.97. The van der Waals surface area contributed by atoms with Gasteiger partial charge < -0.3 is 10.1 Å². The number of fused-ring (bicyclic) bond motifs is 3. The molecule has 0 saturated carbocycles. The van der Waals surface area contributed by atoms with Gasteiger partial charge in [0.25, 0.3) is 0 Å². The Morgan fingerprint density at radius 1 is 1.05 bits per heavy atom. The van der Waals surface area contributed by atoms with Crippen molar-refractivity contribution in [3.63, 3.8) is 0 Å². The van der Waals surface area contributed by atoms with Crippen molar-refractivity contribution in [2.45, 2.75) is 20.3 Å². The lowest BCUT2D eigenvalue weighted by Crippen LogP contribution is -2.12. The molecule has 0 fully saturated rings. The Hall–Kier alpha value is -2.29. The van der Waals surface area contributed by atoms with Crippen molar-refractivity contribution in [1.82, 2.24) is 0 Å². The van der Waals surface area contributed by atoms with Gasteiger partial charge >= 0.3 is 0 Å². The summed E-state index contributed by atoms with van der Waals surface area (Å²) in [6.45, 7) is 4.15. The maximum atomic E-state index is 12.1. The second-order valence-corrected chi connectivity index (χ2v) is 5.23. The van der Waals surface area contributed by atoms with Crippen molar-refractivity contribution in [2.24, 2.45) is 0 Å². The Labute approximate surface area is 118 Å². The average Bonchev–Trinajstić information content (AvgIpc) is 2.54. The molecule has 2 aromatic rings. The zero-order chi connectivity index (χ0) is 14.3. The molecule has 0 aliphatic carbocycles. The SMILES string of the molecule is COc1ccc2c(c1)CC(=O)Nc1cc(C)c(C)cc1-2. The van der Waals surface area contributed by atoms with Crippen LogP contribution in [0.4, 0.5) is 5.69 Å². The van der Waals surface area contributed by atoms with Crippen LogP contribution in [0.15, 0.2) is 30.3 Å². The molecule has 20 heavy (non-hydrogen) atoms. The van der Waals surface area contributed by atoms with E-state index in [1.165, 1.54) is 11.1 Å². The minimum Gasteiger partial charge on any atom is -0.497 e. The molecular weight excluding hydrogens is 250 g/mol. The summed E-state index contributed by atoms with van der Waals surface area (Å²) in [7, 11) is 1.64. The molecule has 0 unspecified atom stereocenters. The van der Waals surface area contributed by atoms with Gasteiger partial charge in [0, 0.05) is 11.3 Å². The first-order valence-corrected chi connectivity index (χ1v) is 6.67. The van der Waals surface area contributed by atoms with E-state index >= 15 is 0 Å². The smallest absolute Gasteiger partial charge is 0.228 e. The number of anilines is 1. The summed E-state index contributed by atoms with van der Waals surface area (Å²) >= 11 is 0. The maximum absolute atomic E-state index is 12.1. The van der Waals surface area contributed by atoms with Gasteiger partial charge in [0.05, 0.1) is 13.5 Å². The summed E-state index contributed by atoms with van der Waals surface area (Å²) < 4.78 is 5.26. The first-order chi connectivity index (χ1) is 9.58. The summed E-state index contributed by atoms with van der Waals surface area (Å²) in [4.78, 5) is 12.1. The van der Waals surface area contributed by atoms with Gasteiger partial charge in [-0.25, -0.2) is 0 Å². The lowest BCUT2D eigenvalue weighted by atomic mass is 9.94. The summed E-state index contributed by atoms with van der Waals surface area (Å²) in [6, 6.07) is 10.1. The Balaban J connectivity index is 2.26. The molecule has 1 heterocycles. The fourth-order valence-corrected chi connectivity index (χ4v) is 2.62. The summed E-state index contributed by atoms with van der Waals surface area (Å²) in [5, 5.41) is 3.00. The van der Waals surface area contributed by atoms with E-state index in [-0.39, 0.29) is 5.91 Å². The Morgan fingerprint density at radius 2 is 1.80 bits per heavy atom. The first kappa shape index (κ1) is 12.7. The number of aryl methyl sites for hydroxylation is 2. The standard InChI is InChI=1S/C17H17NO2/c1-10-6-15-14-5-4-13(20-3)8-12(14)9-17(19)18-16(15)7-11(10)2/h4-8H,9H2,1-3H3,(H,18,19). The van der Waals surface area contributed by atoms with Crippen LogP contribution < -0.4 is 10.1 Å². The van der Waals surface area contributed by atoms with Crippen LogP contribution in [-0.4, -0.2) is 13.0 Å². The normalized spacial score (nSPS) is 13.1. The molecular formula is C17H17NO2. The number of rotatable bonds is 1. The van der Waals surface area contributed by atoms with Crippen molar-refractivity contribution < 1.29 is 9.53 Å². The molecule has 102 valence electrons. The molecule has 3 rings (SSSR count). The van der Waals surface area contributed by atoms with E-state index in [9.17, 15) is 4.79 Å². The zero-order valence-corrected chi connectivity index (χ0v) is 11.9. The highest BCUT2D eigenvalue weighted by Crippen LogP contribution is 2.37. The molecule has 0 saturated heterocycles. The highest BCUT2D eigenvalue weighted by atomic mass is 16.5. The molecule has 1 N–H and O–H groups in total. The Morgan fingerprint density at radius 3 is 2.55 bits per heavy atom. The number of amides is 1. The van der Waals surface area contributed by atoms with Gasteiger partial charge in [0.1, 0.15) is 5.75 Å². The predicted octanol–water partition coefficient (Wildman–Crippen LogP) is 3.47. The second-order valence-electron chi connectivity index (χ2n) is 5.23. The van der Waals surface area contributed by atoms with E-state index in [0.717, 1.165) is 28.1 Å². The summed E-state index contributed by atoms with van der Waals surface area (Å²) in [6.07, 6.45) is 0.374. The summed E-state index contributed by atoms with van der Waals surface area (Å²) in [5.41, 5.74) is 6.48. The van der Waals surface area contributed by atoms with Crippen molar-refractivity contribution in [3.8, 4) is 16.9 Å². The van der Waals surface area contributed by atoms with Crippen LogP contribution >= 0.6 is 0 Å². The molecule has 1 aliphatic rings. The van der Waals surface area contributed by atoms with Crippen molar-refractivity contribution in [3.05, 3.63) is 47.0 Å². The lowest BCUT2D eigenvalue weighted by molar-refractivity contribution is -0.115. The first-order valence-electron chi connectivity index (χ1n) is 6.67. The monoisotopic (exact) mass is 267 g/mol. The molecule has 0 spiro atoms. The van der Waals surface area contributed by atoms with E-state index in [1.807, 2.05) is 24.3 Å². The fourth-order valence-electron chi connectivity index (χ4n) is 2.62. The quantitative estimate of drug-likeness (QED) is 0.859. The molecule has 0 radical (unpaired) electrons. The van der Waals surface area contributed by atoms with Crippen LogP contribution in [0.3, 0.4) is 0 Å². The van der Waals surface area contributed by atoms with Crippen LogP contribution in [0.25, 0.3) is 11.1 Å². The second kappa shape index (κ2) is 4.67. The van der Waals surface area contributed by atoms with Crippen LogP contribution in [0.5, 0.6) is 5.75 Å². The molecule has 2 aromatic carbocycles. The van der Waals surface area contributed by atoms with Crippen LogP contribution in [0, 0.1) is 13.8 Å². The largest absolute Gasteiger partial charge is 0.497 e. The van der Waals surface area contributed by atoms with Crippen molar-refractivity contribution >= 4 is 11.6 Å². The lowest BCUT2D eigenvalue weighted by Gasteiger charge is -2.12. The Bertz CT molecular complexity index is 704. The fraction of sp³-hybridized carbons (Fsp3) is 0.235. The molecule has 0 bridgehead atoms. The van der Waals surface area contributed by atoms with E-state index in [0.29, 0.717) is 6.42 Å². The third-order valence-electron chi connectivity index (χ3n) is 3.86. The number of carbonyl (C=O) groups excluding carboxylic acids is 1. The minimum absolute atomic E-state index is 0.0153. The van der Waals surface area contributed by atoms with Gasteiger partial charge in [-0.2, -0.15) is 0 Å². The van der Waals surface area contributed by atoms with Gasteiger partial charge in [-0.05, 0) is 60.4 Å². The van der Waals surface area contributed by atoms with Crippen molar-refractivity contribution in [1.29, 1.82) is 0 Å². The summed E-state index contributed by atoms with van der Waals surface area (Å²) in [5.74, 6) is 0.797. The van der Waals surface area contributed by atoms with Gasteiger partial charge in [-0.15, -0.1) is 0 Å². The van der Waals surface area contributed by atoms with Crippen LogP contribution in [0.1, 0.15) is 16.7 Å². The molecule has 3 heteroatoms. The molecule has 1 amide bonds. The molecule has 1 aliphatic heterocycles. The predicted molar refractivity (Wildman–Crippen MR) is 80.2 cm³/mol. The minimum atomic E-state index is 0.0153. The maximum Gasteiger partial charge on any atom is 0.228 e. The average molecular weight is 267 g/mol. The van der Waals surface area contributed by atoms with Crippen LogP contribution in [-0.2, 0) is 11.2 Å². The number of methoxy groups -OCH3 is 1. The van der Waals surface area contributed by atoms with Crippen molar-refractivity contribution in [2.75, 3.05) is 12.4 Å². The van der Waals surface area contributed by atoms with Gasteiger partial charge in [-0.1, -0.05) is 6.07 Å². The van der Waals surface area contributed by atoms with Crippen LogP contribution in [0.2, 0.25) is 0 Å². The third kappa shape index (κ3) is 2.05. The van der Waals surface area contributed by atoms with Gasteiger partial charge in [0.2, 0.25) is 5.91 Å². The van der Waals surface area contributed by atoms with E-state index in [4.69, 9.17) is 4.74 Å². The van der Waals surface area contributed by atoms with Gasteiger partial charge in [-0.3, -0.25) is 4.79 Å². The topological polar surface area (TPSA) is 38.3 Å². The highest BCUT2D eigenvalue weighted by molar-refractivity contribution is 6.01. The number of nitrogens with one attached hydrogen (secondary N) is 1. The number of ether oxygens (including phenoxy) is 1. The molecule has 0 atom stereocenters. The van der Waals surface area contributed by atoms with E-state index in [1.54, 1.807) is 7.11 Å². The zero-order valence-electron chi connectivity index (χ0n) is 11.9. The number of benzene rings is 2. The number of hydrogen-bond donors (Lipinski definition) is 1. The van der Waals surface area contributed by atoms with E-state index in [2.05, 4.69) is 25.2 Å².